The highest BCUT2D eigenvalue weighted by molar-refractivity contribution is 5.74. The van der Waals surface area contributed by atoms with E-state index in [-0.39, 0.29) is 0 Å². The smallest absolute Gasteiger partial charge is 0.177 e. The Morgan fingerprint density at radius 3 is 2.19 bits per heavy atom. The van der Waals surface area contributed by atoms with Crippen molar-refractivity contribution in [3.05, 3.63) is 30.6 Å². The van der Waals surface area contributed by atoms with Gasteiger partial charge in [-0.15, -0.1) is 0 Å². The van der Waals surface area contributed by atoms with Crippen molar-refractivity contribution in [3.8, 4) is 0 Å². The molecule has 1 radical (unpaired) electrons. The summed E-state index contributed by atoms with van der Waals surface area (Å²) in [5.74, 6) is 0. The van der Waals surface area contributed by atoms with E-state index >= 15 is 0 Å². The van der Waals surface area contributed by atoms with Crippen LogP contribution < -0.4 is 0 Å². The molecule has 0 saturated heterocycles. The summed E-state index contributed by atoms with van der Waals surface area (Å²) in [6.07, 6.45) is 16.9. The first-order valence-corrected chi connectivity index (χ1v) is 8.75. The van der Waals surface area contributed by atoms with Crippen LogP contribution >= 0.6 is 0 Å². The highest BCUT2D eigenvalue weighted by atomic mass is 15.0. The minimum atomic E-state index is 1.05. The van der Waals surface area contributed by atoms with Crippen LogP contribution in [0, 0.1) is 6.33 Å². The molecule has 0 atom stereocenters. The van der Waals surface area contributed by atoms with E-state index in [9.17, 15) is 0 Å². The minimum absolute atomic E-state index is 1.05. The number of imidazole rings is 1. The fraction of sp³-hybridized carbons (Fsp3) is 0.632. The van der Waals surface area contributed by atoms with Gasteiger partial charge in [-0.1, -0.05) is 76.8 Å². The van der Waals surface area contributed by atoms with Gasteiger partial charge >= 0.3 is 0 Å². The zero-order valence-corrected chi connectivity index (χ0v) is 13.5. The van der Waals surface area contributed by atoms with Crippen LogP contribution in [0.5, 0.6) is 0 Å². The van der Waals surface area contributed by atoms with E-state index < -0.39 is 0 Å². The second-order valence-electron chi connectivity index (χ2n) is 6.03. The molecule has 2 nitrogen and oxygen atoms in total. The summed E-state index contributed by atoms with van der Waals surface area (Å²) < 4.78 is 2.17. The second-order valence-corrected chi connectivity index (χ2v) is 6.03. The molecule has 1 aromatic heterocycles. The zero-order chi connectivity index (χ0) is 14.8. The lowest BCUT2D eigenvalue weighted by Gasteiger charge is -2.04. The van der Waals surface area contributed by atoms with Gasteiger partial charge in [0.1, 0.15) is 0 Å². The van der Waals surface area contributed by atoms with Gasteiger partial charge in [0.05, 0.1) is 11.0 Å². The number of aromatic nitrogens is 2. The van der Waals surface area contributed by atoms with Gasteiger partial charge in [-0.25, -0.2) is 4.98 Å². The second kappa shape index (κ2) is 9.59. The van der Waals surface area contributed by atoms with Crippen LogP contribution in [0.15, 0.2) is 24.3 Å². The Kier molecular flexibility index (Phi) is 7.34. The van der Waals surface area contributed by atoms with E-state index in [2.05, 4.69) is 41.0 Å². The first-order chi connectivity index (χ1) is 10.4. The standard InChI is InChI=1S/C19H29N2/c1-2-3-4-5-6-7-8-9-10-13-16-21-17-20-18-14-11-12-15-19(18)21/h11-12,14-15H,2-10,13,16H2,1H3. The molecule has 2 heteroatoms. The van der Waals surface area contributed by atoms with Crippen LogP contribution in [0.4, 0.5) is 0 Å². The maximum atomic E-state index is 4.32. The summed E-state index contributed by atoms with van der Waals surface area (Å²) in [4.78, 5) is 4.32. The molecule has 2 rings (SSSR count). The van der Waals surface area contributed by atoms with Gasteiger partial charge in [0.25, 0.3) is 0 Å². The van der Waals surface area contributed by atoms with Crippen molar-refractivity contribution < 1.29 is 0 Å². The van der Waals surface area contributed by atoms with E-state index in [1.165, 1.54) is 69.7 Å². The van der Waals surface area contributed by atoms with Crippen LogP contribution in [-0.2, 0) is 6.54 Å². The van der Waals surface area contributed by atoms with E-state index in [1.54, 1.807) is 0 Å². The fourth-order valence-electron chi connectivity index (χ4n) is 2.88. The molecule has 2 aromatic rings. The zero-order valence-electron chi connectivity index (χ0n) is 13.5. The van der Waals surface area contributed by atoms with E-state index in [1.807, 2.05) is 6.07 Å². The first kappa shape index (κ1) is 16.1. The molecule has 0 aliphatic heterocycles. The van der Waals surface area contributed by atoms with Crippen molar-refractivity contribution in [2.24, 2.45) is 0 Å². The van der Waals surface area contributed by atoms with Crippen LogP contribution in [0.1, 0.15) is 71.1 Å². The van der Waals surface area contributed by atoms with Gasteiger partial charge in [-0.2, -0.15) is 0 Å². The summed E-state index contributed by atoms with van der Waals surface area (Å²) in [6.45, 7) is 3.33. The van der Waals surface area contributed by atoms with Crippen molar-refractivity contribution >= 4 is 11.0 Å². The monoisotopic (exact) mass is 285 g/mol. The maximum Gasteiger partial charge on any atom is 0.177 e. The molecule has 0 saturated carbocycles. The molecule has 21 heavy (non-hydrogen) atoms. The normalized spacial score (nSPS) is 11.3. The first-order valence-electron chi connectivity index (χ1n) is 8.75. The highest BCUT2D eigenvalue weighted by Crippen LogP contribution is 2.14. The lowest BCUT2D eigenvalue weighted by molar-refractivity contribution is 0.537. The number of aryl methyl sites for hydroxylation is 1. The third-order valence-corrected chi connectivity index (χ3v) is 4.20. The lowest BCUT2D eigenvalue weighted by atomic mass is 10.1. The van der Waals surface area contributed by atoms with Crippen molar-refractivity contribution in [1.29, 1.82) is 0 Å². The molecule has 1 heterocycles. The van der Waals surface area contributed by atoms with Gasteiger partial charge in [-0.05, 0) is 18.6 Å². The molecule has 0 bridgehead atoms. The summed E-state index contributed by atoms with van der Waals surface area (Å²) >= 11 is 0. The van der Waals surface area contributed by atoms with Crippen LogP contribution in [0.2, 0.25) is 0 Å². The topological polar surface area (TPSA) is 17.8 Å². The molecule has 0 unspecified atom stereocenters. The number of hydrogen-bond acceptors (Lipinski definition) is 1. The van der Waals surface area contributed by atoms with Crippen LogP contribution in [-0.4, -0.2) is 9.55 Å². The Morgan fingerprint density at radius 1 is 0.857 bits per heavy atom. The predicted molar refractivity (Wildman–Crippen MR) is 90.4 cm³/mol. The summed E-state index contributed by atoms with van der Waals surface area (Å²) in [5, 5.41) is 0. The van der Waals surface area contributed by atoms with E-state index in [0.717, 1.165) is 12.1 Å². The molecule has 0 amide bonds. The number of benzene rings is 1. The summed E-state index contributed by atoms with van der Waals surface area (Å²) in [7, 11) is 0. The number of rotatable bonds is 11. The number of fused-ring (bicyclic) bond motifs is 1. The Balaban J connectivity index is 1.52. The highest BCUT2D eigenvalue weighted by Gasteiger charge is 2.01. The number of nitrogens with zero attached hydrogens (tertiary/aromatic N) is 2. The number of unbranched alkanes of at least 4 members (excludes halogenated alkanes) is 9. The van der Waals surface area contributed by atoms with E-state index in [4.69, 9.17) is 0 Å². The Hall–Kier alpha value is -1.31. The Bertz CT molecular complexity index is 501. The molecule has 0 aliphatic carbocycles. The van der Waals surface area contributed by atoms with Gasteiger partial charge in [0.2, 0.25) is 0 Å². The minimum Gasteiger partial charge on any atom is -0.321 e. The largest absolute Gasteiger partial charge is 0.321 e. The van der Waals surface area contributed by atoms with Crippen molar-refractivity contribution in [1.82, 2.24) is 9.55 Å². The molecule has 0 aliphatic rings. The molecule has 1 aromatic carbocycles. The van der Waals surface area contributed by atoms with Crippen molar-refractivity contribution in [3.63, 3.8) is 0 Å². The molecule has 0 N–H and O–H groups in total. The SMILES string of the molecule is CCCCCCCCCCCCn1[c]nc2ccccc21. The number of hydrogen-bond donors (Lipinski definition) is 0. The predicted octanol–water partition coefficient (Wildman–Crippen LogP) is 5.76. The molecular formula is C19H29N2. The molecule has 0 fully saturated rings. The molecule has 0 spiro atoms. The average molecular weight is 285 g/mol. The fourth-order valence-corrected chi connectivity index (χ4v) is 2.88. The lowest BCUT2D eigenvalue weighted by Crippen LogP contribution is -1.96. The van der Waals surface area contributed by atoms with Crippen LogP contribution in [0.3, 0.4) is 0 Å². The van der Waals surface area contributed by atoms with Crippen molar-refractivity contribution in [2.75, 3.05) is 0 Å². The van der Waals surface area contributed by atoms with Gasteiger partial charge in [0.15, 0.2) is 6.33 Å². The Labute approximate surface area is 129 Å². The molecular weight excluding hydrogens is 256 g/mol. The van der Waals surface area contributed by atoms with Crippen LogP contribution in [0.25, 0.3) is 11.0 Å². The van der Waals surface area contributed by atoms with Gasteiger partial charge in [-0.3, -0.25) is 0 Å². The Morgan fingerprint density at radius 2 is 1.48 bits per heavy atom. The van der Waals surface area contributed by atoms with E-state index in [0.29, 0.717) is 0 Å². The van der Waals surface area contributed by atoms with Gasteiger partial charge in [0, 0.05) is 6.54 Å². The van der Waals surface area contributed by atoms with Gasteiger partial charge < -0.3 is 4.57 Å². The summed E-state index contributed by atoms with van der Waals surface area (Å²) in [6, 6.07) is 8.30. The average Bonchev–Trinajstić information content (AvgIpc) is 2.92. The third-order valence-electron chi connectivity index (χ3n) is 4.20. The van der Waals surface area contributed by atoms with Crippen molar-refractivity contribution in [2.45, 2.75) is 77.7 Å². The molecule has 115 valence electrons. The number of para-hydroxylation sites is 2. The quantitative estimate of drug-likeness (QED) is 0.480. The third kappa shape index (κ3) is 5.53. The maximum absolute atomic E-state index is 4.32. The summed E-state index contributed by atoms with van der Waals surface area (Å²) in [5.41, 5.74) is 2.28.